The zero-order chi connectivity index (χ0) is 20.0. The fraction of sp³-hybridized carbons (Fsp3) is 0.421. The van der Waals surface area contributed by atoms with Crippen LogP contribution in [0.5, 0.6) is 5.75 Å². The number of hydrogen-bond donors (Lipinski definition) is 1. The first-order valence-corrected chi connectivity index (χ1v) is 9.08. The van der Waals surface area contributed by atoms with Crippen LogP contribution in [0.25, 0.3) is 0 Å². The van der Waals surface area contributed by atoms with Gasteiger partial charge in [-0.15, -0.1) is 0 Å². The van der Waals surface area contributed by atoms with Crippen molar-refractivity contribution in [2.45, 2.75) is 38.9 Å². The molecule has 0 atom stereocenters. The number of nitrogens with zero attached hydrogens (tertiary/aromatic N) is 1. The fourth-order valence-corrected chi connectivity index (χ4v) is 3.12. The Labute approximate surface area is 164 Å². The molecule has 3 rings (SSSR count). The average molecular weight is 391 g/mol. The van der Waals surface area contributed by atoms with Gasteiger partial charge in [0.1, 0.15) is 11.4 Å². The van der Waals surface area contributed by atoms with E-state index in [-0.39, 0.29) is 5.91 Å². The van der Waals surface area contributed by atoms with Gasteiger partial charge in [-0.2, -0.15) is 0 Å². The molecule has 2 aromatic rings. The number of rotatable bonds is 4. The summed E-state index contributed by atoms with van der Waals surface area (Å²) in [6.07, 6.45) is 1.68. The standard InChI is InChI=1S/C19H24BClN2O4/c1-18(2)19(3,4)27-20(26-18)12-7-8-14(16(9-12)25-6)22-17(24)15-10-13(21)11-23(15)5/h7-11H,1-6H3,(H,22,24). The van der Waals surface area contributed by atoms with Crippen molar-refractivity contribution in [2.24, 2.45) is 7.05 Å². The molecule has 1 aromatic heterocycles. The van der Waals surface area contributed by atoms with Crippen molar-refractivity contribution >= 4 is 35.8 Å². The highest BCUT2D eigenvalue weighted by atomic mass is 35.5. The number of methoxy groups -OCH3 is 1. The molecular weight excluding hydrogens is 366 g/mol. The Morgan fingerprint density at radius 1 is 1.19 bits per heavy atom. The summed E-state index contributed by atoms with van der Waals surface area (Å²) < 4.78 is 19.3. The van der Waals surface area contributed by atoms with Crippen LogP contribution in [0.4, 0.5) is 5.69 Å². The molecule has 1 N–H and O–H groups in total. The van der Waals surface area contributed by atoms with E-state index in [0.29, 0.717) is 22.2 Å². The van der Waals surface area contributed by atoms with Gasteiger partial charge in [0.15, 0.2) is 0 Å². The zero-order valence-electron chi connectivity index (χ0n) is 16.4. The topological polar surface area (TPSA) is 61.7 Å². The van der Waals surface area contributed by atoms with Crippen molar-refractivity contribution in [2.75, 3.05) is 12.4 Å². The van der Waals surface area contributed by atoms with E-state index in [1.54, 1.807) is 37.1 Å². The van der Waals surface area contributed by atoms with Gasteiger partial charge in [0.2, 0.25) is 0 Å². The third-order valence-corrected chi connectivity index (χ3v) is 5.41. The minimum absolute atomic E-state index is 0.272. The lowest BCUT2D eigenvalue weighted by Gasteiger charge is -2.32. The van der Waals surface area contributed by atoms with Crippen LogP contribution in [-0.2, 0) is 16.4 Å². The Balaban J connectivity index is 1.83. The Morgan fingerprint density at radius 2 is 1.81 bits per heavy atom. The van der Waals surface area contributed by atoms with E-state index in [4.69, 9.17) is 25.6 Å². The number of carbonyl (C=O) groups excluding carboxylic acids is 1. The molecule has 8 heteroatoms. The molecule has 0 bridgehead atoms. The first-order chi connectivity index (χ1) is 12.5. The van der Waals surface area contributed by atoms with Gasteiger partial charge >= 0.3 is 7.12 Å². The first kappa shape index (κ1) is 19.8. The molecule has 2 heterocycles. The van der Waals surface area contributed by atoms with E-state index in [9.17, 15) is 4.79 Å². The lowest BCUT2D eigenvalue weighted by atomic mass is 9.79. The number of hydrogen-bond acceptors (Lipinski definition) is 4. The molecular formula is C19H24BClN2O4. The SMILES string of the molecule is COc1cc(B2OC(C)(C)C(C)(C)O2)ccc1NC(=O)c1cc(Cl)cn1C. The van der Waals surface area contributed by atoms with Crippen molar-refractivity contribution in [1.82, 2.24) is 4.57 Å². The number of aryl methyl sites for hydroxylation is 1. The van der Waals surface area contributed by atoms with Gasteiger partial charge in [-0.25, -0.2) is 0 Å². The summed E-state index contributed by atoms with van der Waals surface area (Å²) in [6, 6.07) is 7.07. The smallest absolute Gasteiger partial charge is 0.494 e. The summed E-state index contributed by atoms with van der Waals surface area (Å²) in [6.45, 7) is 8.02. The highest BCUT2D eigenvalue weighted by molar-refractivity contribution is 6.62. The minimum Gasteiger partial charge on any atom is -0.495 e. The lowest BCUT2D eigenvalue weighted by Crippen LogP contribution is -2.41. The third-order valence-electron chi connectivity index (χ3n) is 5.20. The predicted octanol–water partition coefficient (Wildman–Crippen LogP) is 3.24. The number of nitrogens with one attached hydrogen (secondary N) is 1. The van der Waals surface area contributed by atoms with E-state index in [0.717, 1.165) is 5.46 Å². The summed E-state index contributed by atoms with van der Waals surface area (Å²) in [5.41, 5.74) is 0.982. The fourth-order valence-electron chi connectivity index (χ4n) is 2.87. The number of carbonyl (C=O) groups is 1. The Bertz CT molecular complexity index is 863. The second-order valence-electron chi connectivity index (χ2n) is 7.66. The molecule has 0 spiro atoms. The van der Waals surface area contributed by atoms with Gasteiger partial charge in [0, 0.05) is 13.2 Å². The number of amides is 1. The molecule has 0 aliphatic carbocycles. The van der Waals surface area contributed by atoms with Gasteiger partial charge in [-0.05, 0) is 51.4 Å². The molecule has 0 saturated carbocycles. The number of benzene rings is 1. The average Bonchev–Trinajstić information content (AvgIpc) is 3.02. The lowest BCUT2D eigenvalue weighted by molar-refractivity contribution is 0.00578. The largest absolute Gasteiger partial charge is 0.495 e. The molecule has 1 fully saturated rings. The Kier molecular flexibility index (Phi) is 5.05. The molecule has 1 aliphatic rings. The monoisotopic (exact) mass is 390 g/mol. The maximum absolute atomic E-state index is 12.5. The summed E-state index contributed by atoms with van der Waals surface area (Å²) in [5, 5.41) is 3.36. The molecule has 27 heavy (non-hydrogen) atoms. The second-order valence-corrected chi connectivity index (χ2v) is 8.09. The maximum Gasteiger partial charge on any atom is 0.494 e. The second kappa shape index (κ2) is 6.89. The molecule has 144 valence electrons. The van der Waals surface area contributed by atoms with Crippen LogP contribution in [-0.4, -0.2) is 35.9 Å². The normalized spacial score (nSPS) is 17.8. The van der Waals surface area contributed by atoms with Crippen molar-refractivity contribution in [3.8, 4) is 5.75 Å². The summed E-state index contributed by atoms with van der Waals surface area (Å²) in [5.74, 6) is 0.252. The van der Waals surface area contributed by atoms with Crippen LogP contribution in [0.2, 0.25) is 5.02 Å². The van der Waals surface area contributed by atoms with Crippen molar-refractivity contribution in [1.29, 1.82) is 0 Å². The molecule has 1 amide bonds. The number of ether oxygens (including phenoxy) is 1. The van der Waals surface area contributed by atoms with Crippen LogP contribution < -0.4 is 15.5 Å². The Hall–Kier alpha value is -1.96. The van der Waals surface area contributed by atoms with E-state index in [1.807, 2.05) is 39.8 Å². The molecule has 1 aromatic carbocycles. The van der Waals surface area contributed by atoms with Crippen LogP contribution in [0.15, 0.2) is 30.5 Å². The zero-order valence-corrected chi connectivity index (χ0v) is 17.2. The first-order valence-electron chi connectivity index (χ1n) is 8.71. The van der Waals surface area contributed by atoms with Crippen LogP contribution in [0.3, 0.4) is 0 Å². The quantitative estimate of drug-likeness (QED) is 0.814. The van der Waals surface area contributed by atoms with Crippen LogP contribution in [0, 0.1) is 0 Å². The van der Waals surface area contributed by atoms with E-state index in [1.165, 1.54) is 0 Å². The van der Waals surface area contributed by atoms with Crippen LogP contribution >= 0.6 is 11.6 Å². The molecule has 6 nitrogen and oxygen atoms in total. The molecule has 1 saturated heterocycles. The maximum atomic E-state index is 12.5. The van der Waals surface area contributed by atoms with Gasteiger partial charge in [0.25, 0.3) is 5.91 Å². The van der Waals surface area contributed by atoms with Crippen LogP contribution in [0.1, 0.15) is 38.2 Å². The van der Waals surface area contributed by atoms with E-state index < -0.39 is 18.3 Å². The number of anilines is 1. The highest BCUT2D eigenvalue weighted by Crippen LogP contribution is 2.37. The molecule has 1 aliphatic heterocycles. The van der Waals surface area contributed by atoms with Crippen molar-refractivity contribution < 1.29 is 18.8 Å². The van der Waals surface area contributed by atoms with E-state index in [2.05, 4.69) is 5.32 Å². The minimum atomic E-state index is -0.500. The van der Waals surface area contributed by atoms with Gasteiger partial charge in [-0.3, -0.25) is 4.79 Å². The summed E-state index contributed by atoms with van der Waals surface area (Å²) >= 11 is 5.96. The molecule has 0 unspecified atom stereocenters. The van der Waals surface area contributed by atoms with Gasteiger partial charge < -0.3 is 23.9 Å². The van der Waals surface area contributed by atoms with Gasteiger partial charge in [-0.1, -0.05) is 17.7 Å². The summed E-state index contributed by atoms with van der Waals surface area (Å²) in [4.78, 5) is 12.5. The predicted molar refractivity (Wildman–Crippen MR) is 107 cm³/mol. The van der Waals surface area contributed by atoms with Crippen molar-refractivity contribution in [3.63, 3.8) is 0 Å². The third kappa shape index (κ3) is 3.72. The van der Waals surface area contributed by atoms with Crippen molar-refractivity contribution in [3.05, 3.63) is 41.2 Å². The van der Waals surface area contributed by atoms with Gasteiger partial charge in [0.05, 0.1) is 29.0 Å². The van der Waals surface area contributed by atoms with E-state index >= 15 is 0 Å². The highest BCUT2D eigenvalue weighted by Gasteiger charge is 2.51. The number of halogens is 1. The molecule has 0 radical (unpaired) electrons. The number of aromatic nitrogens is 1. The Morgan fingerprint density at radius 3 is 2.33 bits per heavy atom. The summed E-state index contributed by atoms with van der Waals surface area (Å²) in [7, 11) is 2.82.